The van der Waals surface area contributed by atoms with Crippen molar-refractivity contribution in [3.05, 3.63) is 95.1 Å². The average molecular weight is 1230 g/mol. The number of Topliss-reactive ketones (excluding diaryl/α,β-unsaturated/α-hetero) is 1. The Labute approximate surface area is 538 Å². The van der Waals surface area contributed by atoms with E-state index < -0.39 is 100 Å². The van der Waals surface area contributed by atoms with Crippen molar-refractivity contribution in [3.63, 3.8) is 0 Å². The summed E-state index contributed by atoms with van der Waals surface area (Å²) in [6.45, 7) is 23.6. The van der Waals surface area contributed by atoms with E-state index >= 15 is 0 Å². The first-order valence-corrected chi connectivity index (χ1v) is 31.6. The largest absolute Gasteiger partial charge is 1.00 e. The van der Waals surface area contributed by atoms with Crippen LogP contribution in [0.5, 0.6) is 0 Å². The fraction of sp³-hybridized carbons (Fsp3) is 0.701. The van der Waals surface area contributed by atoms with Crippen LogP contribution < -0.4 is 34.7 Å². The van der Waals surface area contributed by atoms with E-state index in [1.165, 1.54) is 24.9 Å². The number of nitrogens with zero attached hydrogens (tertiary/aromatic N) is 1. The number of carbonyl (C=O) groups excluding carboxylic acids is 2. The molecule has 6 heterocycles. The smallest absolute Gasteiger partial charge is 0.550 e. The van der Waals surface area contributed by atoms with Crippen LogP contribution in [0.2, 0.25) is 5.02 Å². The van der Waals surface area contributed by atoms with Crippen molar-refractivity contribution in [2.24, 2.45) is 41.4 Å². The number of rotatable bonds is 20. The molecule has 2 aromatic carbocycles. The van der Waals surface area contributed by atoms with Crippen molar-refractivity contribution in [3.8, 4) is 0 Å². The number of likely N-dealkylation sites (tertiary alicyclic amines) is 1. The molecule has 19 heteroatoms. The molecule has 0 aliphatic carbocycles. The van der Waals surface area contributed by atoms with E-state index in [0.717, 1.165) is 30.0 Å². The first-order valence-electron chi connectivity index (χ1n) is 31.2. The molecule has 6 aliphatic rings. The average Bonchev–Trinajstić information content (AvgIpc) is 1.46. The molecule has 0 amide bonds. The van der Waals surface area contributed by atoms with Crippen LogP contribution >= 0.6 is 11.6 Å². The monoisotopic (exact) mass is 1230 g/mol. The molecule has 2 spiro atoms. The van der Waals surface area contributed by atoms with Gasteiger partial charge in [0.25, 0.3) is 0 Å². The molecular weight excluding hydrogens is 1130 g/mol. The second-order valence-corrected chi connectivity index (χ2v) is 26.2. The van der Waals surface area contributed by atoms with E-state index in [0.29, 0.717) is 76.0 Å². The molecule has 0 bridgehead atoms. The Bertz CT molecular complexity index is 2560. The van der Waals surface area contributed by atoms with Gasteiger partial charge in [0, 0.05) is 71.8 Å². The molecule has 0 aromatic heterocycles. The Morgan fingerprint density at radius 2 is 1.48 bits per heavy atom. The summed E-state index contributed by atoms with van der Waals surface area (Å²) < 4.78 is 39.9. The van der Waals surface area contributed by atoms with Crippen molar-refractivity contribution < 1.29 is 108 Å². The van der Waals surface area contributed by atoms with Crippen LogP contribution in [-0.2, 0) is 53.2 Å². The molecule has 20 unspecified atom stereocenters. The number of ketones is 1. The molecule has 5 N–H and O–H groups in total. The summed E-state index contributed by atoms with van der Waals surface area (Å²) in [5.74, 6) is -8.75. The molecule has 20 atom stereocenters. The molecule has 17 nitrogen and oxygen atoms in total. The molecule has 5 fully saturated rings. The number of benzene rings is 2. The van der Waals surface area contributed by atoms with E-state index in [2.05, 4.69) is 76.0 Å². The molecule has 0 radical (unpaired) electrons. The van der Waals surface area contributed by atoms with E-state index in [1.54, 1.807) is 19.1 Å². The van der Waals surface area contributed by atoms with Crippen LogP contribution in [0.4, 0.5) is 0 Å². The number of aliphatic hydroxyl groups is 3. The molecule has 8 rings (SSSR count). The second kappa shape index (κ2) is 31.8. The molecule has 476 valence electrons. The number of hydrogen-bond donors (Lipinski definition) is 5. The number of carboxylic acid groups (broad SMARTS) is 3. The first kappa shape index (κ1) is 73.6. The molecule has 6 aliphatic heterocycles. The third kappa shape index (κ3) is 17.3. The zero-order valence-corrected chi connectivity index (χ0v) is 56.1. The maximum absolute atomic E-state index is 14.4. The van der Waals surface area contributed by atoms with Crippen molar-refractivity contribution in [2.45, 2.75) is 237 Å². The summed E-state index contributed by atoms with van der Waals surface area (Å²) in [5, 5.41) is 62.4. The fourth-order valence-electron chi connectivity index (χ4n) is 14.2. The SMILES string of the molecule is CCC(C(=O)[O-])C1CCC(C)C(C(C)C(O)C(C)C(=O)C(CC)C2OC3(C=CC(O)C4(CCC(C)(C5CCC(O)(CC)C(C)O5)O4)O3)C(C)CC2C)O1.CN1CCCC1CCOC(C)(c1ccccc1)c1ccc(Cl)cc1.O=C(O)C=CC(=O)O.[Na+]. The minimum atomic E-state index is -1.37. The Balaban J connectivity index is 0.000000335. The number of carboxylic acids is 3. The predicted molar refractivity (Wildman–Crippen MR) is 321 cm³/mol. The number of ether oxygens (including phenoxy) is 6. The van der Waals surface area contributed by atoms with Crippen molar-refractivity contribution in [1.29, 1.82) is 0 Å². The van der Waals surface area contributed by atoms with Gasteiger partial charge in [0.15, 0.2) is 5.79 Å². The van der Waals surface area contributed by atoms with Gasteiger partial charge in [-0.2, -0.15) is 0 Å². The van der Waals surface area contributed by atoms with E-state index in [1.807, 2.05) is 59.7 Å². The van der Waals surface area contributed by atoms with Crippen LogP contribution in [0.1, 0.15) is 171 Å². The van der Waals surface area contributed by atoms with Gasteiger partial charge >= 0.3 is 41.5 Å². The second-order valence-electron chi connectivity index (χ2n) is 25.7. The van der Waals surface area contributed by atoms with E-state index in [4.69, 9.17) is 50.2 Å². The van der Waals surface area contributed by atoms with E-state index in [-0.39, 0.29) is 65.3 Å². The third-order valence-corrected chi connectivity index (χ3v) is 20.3. The van der Waals surface area contributed by atoms with Crippen LogP contribution in [0, 0.1) is 41.4 Å². The Morgan fingerprint density at radius 1 is 0.849 bits per heavy atom. The first-order chi connectivity index (χ1) is 40.0. The maximum atomic E-state index is 14.4. The number of aliphatic hydroxyl groups excluding tert-OH is 2. The standard InChI is InChI=1S/C42H70O11.C21H26ClNO.C4H4O4.Na/c1-11-29(38(46)47)31-15-14-23(4)36(50-31)27(8)34(44)26(7)35(45)30(12-2)37-24(5)22-25(6)41(51-37)19-16-32(43)42(53-41)21-20-39(10,52-42)33-17-18-40(48,13-3)28(9)49-33;1-21(17-7-4-3-5-8-17,18-10-12-19(22)13-11-18)24-16-14-20-9-6-15-23(20)2;5-3(6)1-2-4(7)8;/h16,19,23-34,36-37,43-44,48H,11-15,17-18,20-22H2,1-10H3,(H,46,47);3-5,7-8,10-13,20H,6,9,14-16H2,1-2H3;1-2H,(H,5,6)(H,7,8);/q;;;+1/p-1. The minimum absolute atomic E-state index is 0. The van der Waals surface area contributed by atoms with Gasteiger partial charge in [-0.3, -0.25) is 4.79 Å². The summed E-state index contributed by atoms with van der Waals surface area (Å²) in [7, 11) is 2.22. The van der Waals surface area contributed by atoms with Crippen molar-refractivity contribution in [2.75, 3.05) is 20.2 Å². The summed E-state index contributed by atoms with van der Waals surface area (Å²) in [6.07, 6.45) is 9.99. The zero-order chi connectivity index (χ0) is 62.8. The Kier molecular flexibility index (Phi) is 27.2. The maximum Gasteiger partial charge on any atom is 1.00 e. The quantitative estimate of drug-likeness (QED) is 0.0527. The Morgan fingerprint density at radius 3 is 2.03 bits per heavy atom. The van der Waals surface area contributed by atoms with Crippen LogP contribution in [0.25, 0.3) is 0 Å². The van der Waals surface area contributed by atoms with Gasteiger partial charge in [0.2, 0.25) is 5.79 Å². The summed E-state index contributed by atoms with van der Waals surface area (Å²) in [4.78, 5) is 47.8. The van der Waals surface area contributed by atoms with E-state index in [9.17, 15) is 39.6 Å². The van der Waals surface area contributed by atoms with Gasteiger partial charge in [0.1, 0.15) is 17.5 Å². The van der Waals surface area contributed by atoms with Gasteiger partial charge in [0.05, 0.1) is 47.8 Å². The number of carbonyl (C=O) groups is 4. The molecular formula is C67H99ClNNaO16. The minimum Gasteiger partial charge on any atom is -0.550 e. The van der Waals surface area contributed by atoms with Crippen molar-refractivity contribution in [1.82, 2.24) is 4.90 Å². The molecule has 2 aromatic rings. The number of hydrogen-bond acceptors (Lipinski definition) is 15. The van der Waals surface area contributed by atoms with Gasteiger partial charge in [-0.15, -0.1) is 0 Å². The van der Waals surface area contributed by atoms with Crippen LogP contribution in [0.15, 0.2) is 78.9 Å². The fourth-order valence-corrected chi connectivity index (χ4v) is 14.3. The van der Waals surface area contributed by atoms with Gasteiger partial charge < -0.3 is 68.8 Å². The zero-order valence-electron chi connectivity index (χ0n) is 53.3. The third-order valence-electron chi connectivity index (χ3n) is 20.0. The summed E-state index contributed by atoms with van der Waals surface area (Å²) >= 11 is 6.07. The topological polar surface area (TPSA) is 251 Å². The van der Waals surface area contributed by atoms with Gasteiger partial charge in [-0.05, 0) is 159 Å². The number of halogens is 1. The van der Waals surface area contributed by atoms with Gasteiger partial charge in [-0.1, -0.05) is 109 Å². The normalized spacial score (nSPS) is 35.2. The molecule has 5 saturated heterocycles. The Hall–Kier alpha value is -3.11. The molecule has 0 saturated carbocycles. The molecule has 86 heavy (non-hydrogen) atoms. The van der Waals surface area contributed by atoms with Crippen LogP contribution in [-0.4, -0.2) is 146 Å². The summed E-state index contributed by atoms with van der Waals surface area (Å²) in [6, 6.07) is 19.1. The number of aliphatic carboxylic acids is 3. The predicted octanol–water partition coefficient (Wildman–Crippen LogP) is 6.67. The van der Waals surface area contributed by atoms with Crippen molar-refractivity contribution >= 4 is 35.3 Å². The van der Waals surface area contributed by atoms with Crippen LogP contribution in [0.3, 0.4) is 0 Å². The summed E-state index contributed by atoms with van der Waals surface area (Å²) in [5.41, 5.74) is 0.219. The van der Waals surface area contributed by atoms with Gasteiger partial charge in [-0.25, -0.2) is 9.59 Å².